The molecular weight excluding hydrogens is 399 g/mol. The van der Waals surface area contributed by atoms with Crippen LogP contribution in [0.25, 0.3) is 0 Å². The number of aliphatic hydroxyl groups is 1. The Morgan fingerprint density at radius 2 is 1.87 bits per heavy atom. The highest BCUT2D eigenvalue weighted by Gasteiger charge is 2.31. The van der Waals surface area contributed by atoms with E-state index in [1.54, 1.807) is 6.92 Å². The Labute approximate surface area is 172 Å². The van der Waals surface area contributed by atoms with Gasteiger partial charge in [-0.3, -0.25) is 0 Å². The number of hydrogen-bond donors (Lipinski definition) is 2. The van der Waals surface area contributed by atoms with Gasteiger partial charge in [-0.1, -0.05) is 24.3 Å². The van der Waals surface area contributed by atoms with Crippen LogP contribution in [0.2, 0.25) is 0 Å². The third-order valence-corrected chi connectivity index (χ3v) is 4.62. The van der Waals surface area contributed by atoms with Gasteiger partial charge in [0.1, 0.15) is 6.07 Å². The minimum absolute atomic E-state index is 0.0103. The van der Waals surface area contributed by atoms with E-state index in [0.717, 1.165) is 0 Å². The summed E-state index contributed by atoms with van der Waals surface area (Å²) in [5, 5.41) is 21.9. The molecule has 2 N–H and O–H groups in total. The normalized spacial score (nSPS) is 15.0. The molecule has 1 aliphatic heterocycles. The molecule has 0 saturated carbocycles. The molecule has 1 aliphatic rings. The molecule has 160 valence electrons. The molecule has 0 fully saturated rings. The summed E-state index contributed by atoms with van der Waals surface area (Å²) < 4.78 is 42.9. The summed E-state index contributed by atoms with van der Waals surface area (Å²) >= 11 is 0. The molecule has 0 radical (unpaired) electrons. The summed E-state index contributed by atoms with van der Waals surface area (Å²) in [6.45, 7) is 1.15. The Hall–Kier alpha value is -3.06. The van der Waals surface area contributed by atoms with Crippen molar-refractivity contribution in [2.24, 2.45) is 0 Å². The predicted molar refractivity (Wildman–Crippen MR) is 105 cm³/mol. The second-order valence-electron chi connectivity index (χ2n) is 7.05. The van der Waals surface area contributed by atoms with Gasteiger partial charge in [-0.05, 0) is 30.9 Å². The molecule has 7 nitrogen and oxygen atoms in total. The Morgan fingerprint density at radius 1 is 1.23 bits per heavy atom. The zero-order valence-corrected chi connectivity index (χ0v) is 16.4. The van der Waals surface area contributed by atoms with E-state index in [4.69, 9.17) is 4.74 Å². The number of aliphatic hydroxyl groups excluding tert-OH is 1. The molecule has 30 heavy (non-hydrogen) atoms. The number of benzene rings is 1. The SMILES string of the molecule is CC(O)CNc1nc(OCC(F)(F)F)c(C#N)c(N2CCc3ccccc3CC2)n1. The van der Waals surface area contributed by atoms with Crippen LogP contribution in [0.15, 0.2) is 24.3 Å². The number of halogens is 3. The molecule has 1 atom stereocenters. The number of alkyl halides is 3. The maximum Gasteiger partial charge on any atom is 0.422 e. The van der Waals surface area contributed by atoms with E-state index in [9.17, 15) is 23.5 Å². The number of fused-ring (bicyclic) bond motifs is 1. The lowest BCUT2D eigenvalue weighted by molar-refractivity contribution is -0.154. The van der Waals surface area contributed by atoms with Crippen LogP contribution in [-0.4, -0.2) is 53.6 Å². The number of nitrogens with zero attached hydrogens (tertiary/aromatic N) is 4. The molecule has 0 amide bonds. The van der Waals surface area contributed by atoms with E-state index in [-0.39, 0.29) is 23.9 Å². The van der Waals surface area contributed by atoms with Crippen molar-refractivity contribution < 1.29 is 23.0 Å². The van der Waals surface area contributed by atoms with E-state index in [0.29, 0.717) is 25.9 Å². The minimum Gasteiger partial charge on any atom is -0.467 e. The highest BCUT2D eigenvalue weighted by molar-refractivity contribution is 5.61. The van der Waals surface area contributed by atoms with Gasteiger partial charge < -0.3 is 20.1 Å². The first-order valence-electron chi connectivity index (χ1n) is 9.52. The maximum atomic E-state index is 12.7. The zero-order valence-electron chi connectivity index (χ0n) is 16.4. The average Bonchev–Trinajstić information content (AvgIpc) is 2.92. The monoisotopic (exact) mass is 421 g/mol. The fourth-order valence-corrected chi connectivity index (χ4v) is 3.21. The van der Waals surface area contributed by atoms with E-state index in [1.807, 2.05) is 35.2 Å². The van der Waals surface area contributed by atoms with Gasteiger partial charge in [-0.15, -0.1) is 0 Å². The van der Waals surface area contributed by atoms with Gasteiger partial charge in [0.2, 0.25) is 11.8 Å². The minimum atomic E-state index is -4.57. The molecule has 0 saturated heterocycles. The van der Waals surface area contributed by atoms with E-state index >= 15 is 0 Å². The van der Waals surface area contributed by atoms with Crippen LogP contribution in [0.5, 0.6) is 5.88 Å². The smallest absolute Gasteiger partial charge is 0.422 e. The summed E-state index contributed by atoms with van der Waals surface area (Å²) in [7, 11) is 0. The van der Waals surface area contributed by atoms with Crippen molar-refractivity contribution in [3.05, 3.63) is 41.0 Å². The van der Waals surface area contributed by atoms with Crippen LogP contribution in [-0.2, 0) is 12.8 Å². The summed E-state index contributed by atoms with van der Waals surface area (Å²) in [5.41, 5.74) is 2.23. The second kappa shape index (κ2) is 9.17. The number of ether oxygens (including phenoxy) is 1. The zero-order chi connectivity index (χ0) is 21.7. The molecule has 0 bridgehead atoms. The van der Waals surface area contributed by atoms with Crippen molar-refractivity contribution in [2.75, 3.05) is 36.5 Å². The van der Waals surface area contributed by atoms with Crippen LogP contribution in [0.3, 0.4) is 0 Å². The van der Waals surface area contributed by atoms with Crippen molar-refractivity contribution in [3.8, 4) is 11.9 Å². The van der Waals surface area contributed by atoms with Gasteiger partial charge >= 0.3 is 6.18 Å². The molecule has 1 unspecified atom stereocenters. The lowest BCUT2D eigenvalue weighted by Gasteiger charge is -2.24. The highest BCUT2D eigenvalue weighted by Crippen LogP contribution is 2.30. The Bertz CT molecular complexity index is 901. The molecule has 2 heterocycles. The third kappa shape index (κ3) is 5.51. The summed E-state index contributed by atoms with van der Waals surface area (Å²) in [5.74, 6) is -0.232. The van der Waals surface area contributed by atoms with Crippen molar-refractivity contribution in [3.63, 3.8) is 0 Å². The maximum absolute atomic E-state index is 12.7. The lowest BCUT2D eigenvalue weighted by atomic mass is 10.0. The highest BCUT2D eigenvalue weighted by atomic mass is 19.4. The summed E-state index contributed by atoms with van der Waals surface area (Å²) in [6.07, 6.45) is -3.88. The first-order chi connectivity index (χ1) is 14.3. The van der Waals surface area contributed by atoms with E-state index in [1.165, 1.54) is 11.1 Å². The molecular formula is C20H22F3N5O2. The summed E-state index contributed by atoms with van der Waals surface area (Å²) in [6, 6.07) is 9.89. The Balaban J connectivity index is 1.94. The standard InChI is InChI=1S/C20H22F3N5O2/c1-13(29)11-25-19-26-17(16(10-24)18(27-19)30-12-20(21,22)23)28-8-6-14-4-2-3-5-15(14)7-9-28/h2-5,13,29H,6-9,11-12H2,1H3,(H,25,26,27). The van der Waals surface area contributed by atoms with Crippen LogP contribution >= 0.6 is 0 Å². The van der Waals surface area contributed by atoms with Crippen LogP contribution < -0.4 is 15.0 Å². The number of aromatic nitrogens is 2. The molecule has 10 heteroatoms. The van der Waals surface area contributed by atoms with Crippen molar-refractivity contribution >= 4 is 11.8 Å². The number of nitriles is 1. The van der Waals surface area contributed by atoms with Gasteiger partial charge in [0, 0.05) is 19.6 Å². The summed E-state index contributed by atoms with van der Waals surface area (Å²) in [4.78, 5) is 10.1. The van der Waals surface area contributed by atoms with Gasteiger partial charge in [0.05, 0.1) is 6.10 Å². The predicted octanol–water partition coefficient (Wildman–Crippen LogP) is 2.69. The van der Waals surface area contributed by atoms with Gasteiger partial charge in [-0.2, -0.15) is 28.4 Å². The first kappa shape index (κ1) is 21.6. The quantitative estimate of drug-likeness (QED) is 0.741. The fourth-order valence-electron chi connectivity index (χ4n) is 3.21. The van der Waals surface area contributed by atoms with Crippen molar-refractivity contribution in [2.45, 2.75) is 32.0 Å². The van der Waals surface area contributed by atoms with Crippen LogP contribution in [0.4, 0.5) is 24.9 Å². The fraction of sp³-hybridized carbons (Fsp3) is 0.450. The number of nitrogens with one attached hydrogen (secondary N) is 1. The van der Waals surface area contributed by atoms with Gasteiger partial charge in [0.25, 0.3) is 0 Å². The Morgan fingerprint density at radius 3 is 2.40 bits per heavy atom. The molecule has 1 aromatic heterocycles. The lowest BCUT2D eigenvalue weighted by Crippen LogP contribution is -2.29. The van der Waals surface area contributed by atoms with E-state index in [2.05, 4.69) is 15.3 Å². The third-order valence-electron chi connectivity index (χ3n) is 4.62. The van der Waals surface area contributed by atoms with Crippen LogP contribution in [0, 0.1) is 11.3 Å². The number of anilines is 2. The molecule has 0 aliphatic carbocycles. The number of hydrogen-bond acceptors (Lipinski definition) is 7. The van der Waals surface area contributed by atoms with Gasteiger partial charge in [0.15, 0.2) is 18.0 Å². The topological polar surface area (TPSA) is 94.3 Å². The molecule has 2 aromatic rings. The molecule has 1 aromatic carbocycles. The molecule has 3 rings (SSSR count). The first-order valence-corrected chi connectivity index (χ1v) is 9.52. The Kier molecular flexibility index (Phi) is 6.62. The van der Waals surface area contributed by atoms with Crippen molar-refractivity contribution in [1.82, 2.24) is 9.97 Å². The largest absolute Gasteiger partial charge is 0.467 e. The second-order valence-corrected chi connectivity index (χ2v) is 7.05. The average molecular weight is 421 g/mol. The van der Waals surface area contributed by atoms with Crippen molar-refractivity contribution in [1.29, 1.82) is 5.26 Å². The molecule has 0 spiro atoms. The van der Waals surface area contributed by atoms with E-state index < -0.39 is 24.8 Å². The number of rotatable bonds is 6. The van der Waals surface area contributed by atoms with Crippen LogP contribution in [0.1, 0.15) is 23.6 Å². The van der Waals surface area contributed by atoms with Gasteiger partial charge in [-0.25, -0.2) is 0 Å².